The maximum absolute atomic E-state index is 12.9. The summed E-state index contributed by atoms with van der Waals surface area (Å²) >= 11 is 0. The predicted molar refractivity (Wildman–Crippen MR) is 85.9 cm³/mol. The minimum absolute atomic E-state index is 0.119. The predicted octanol–water partition coefficient (Wildman–Crippen LogP) is 2.57. The molecule has 0 saturated heterocycles. The number of aromatic nitrogens is 2. The van der Waals surface area contributed by atoms with Crippen molar-refractivity contribution in [1.29, 1.82) is 0 Å². The van der Waals surface area contributed by atoms with Crippen LogP contribution in [0.1, 0.15) is 43.1 Å². The van der Waals surface area contributed by atoms with Crippen molar-refractivity contribution in [2.75, 3.05) is 7.05 Å². The van der Waals surface area contributed by atoms with Crippen molar-refractivity contribution in [1.82, 2.24) is 15.1 Å². The van der Waals surface area contributed by atoms with Gasteiger partial charge >= 0.3 is 0 Å². The number of hydrogen-bond donors (Lipinski definition) is 1. The summed E-state index contributed by atoms with van der Waals surface area (Å²) in [7, 11) is 1.84. The molecule has 1 aromatic heterocycles. The smallest absolute Gasteiger partial charge is 0.274 e. The van der Waals surface area contributed by atoms with E-state index < -0.39 is 0 Å². The van der Waals surface area contributed by atoms with Gasteiger partial charge in [-0.25, -0.2) is 5.10 Å². The van der Waals surface area contributed by atoms with E-state index in [1.807, 2.05) is 13.1 Å². The third-order valence-corrected chi connectivity index (χ3v) is 4.78. The average Bonchev–Trinajstić information content (AvgIpc) is 2.55. The summed E-state index contributed by atoms with van der Waals surface area (Å²) in [5, 5.41) is 7.58. The summed E-state index contributed by atoms with van der Waals surface area (Å²) in [5.74, 6) is 0.378. The highest BCUT2D eigenvalue weighted by molar-refractivity contribution is 6.04. The fraction of sp³-hybridized carbons (Fsp3) is 0.471. The molecule has 2 unspecified atom stereocenters. The van der Waals surface area contributed by atoms with Crippen molar-refractivity contribution in [3.8, 4) is 0 Å². The molecule has 1 aliphatic carbocycles. The standard InChI is InChI=1S/C17H21N3O2/c1-11-7-3-6-10-14(11)20(2)17(22)15-12-8-4-5-9-13(12)16(21)19-18-15/h4-5,8-9,11,14H,3,6-7,10H2,1-2H3,(H,19,21). The topological polar surface area (TPSA) is 66.1 Å². The second kappa shape index (κ2) is 5.91. The van der Waals surface area contributed by atoms with Gasteiger partial charge in [0.25, 0.3) is 11.5 Å². The molecule has 1 saturated carbocycles. The van der Waals surface area contributed by atoms with Crippen LogP contribution in [0, 0.1) is 5.92 Å². The molecule has 0 spiro atoms. The van der Waals surface area contributed by atoms with Crippen molar-refractivity contribution in [2.24, 2.45) is 5.92 Å². The van der Waals surface area contributed by atoms with Gasteiger partial charge in [0.1, 0.15) is 0 Å². The van der Waals surface area contributed by atoms with Gasteiger partial charge in [0.15, 0.2) is 5.69 Å². The summed E-state index contributed by atoms with van der Waals surface area (Å²) in [6.45, 7) is 2.20. The van der Waals surface area contributed by atoms with Crippen LogP contribution in [0.4, 0.5) is 0 Å². The number of nitrogens with zero attached hydrogens (tertiary/aromatic N) is 2. The molecule has 1 heterocycles. The van der Waals surface area contributed by atoms with Crippen LogP contribution in [0.3, 0.4) is 0 Å². The van der Waals surface area contributed by atoms with E-state index in [9.17, 15) is 9.59 Å². The van der Waals surface area contributed by atoms with E-state index >= 15 is 0 Å². The lowest BCUT2D eigenvalue weighted by atomic mass is 9.85. The van der Waals surface area contributed by atoms with Gasteiger partial charge in [-0.3, -0.25) is 9.59 Å². The average molecular weight is 299 g/mol. The zero-order valence-corrected chi connectivity index (χ0v) is 13.0. The number of benzene rings is 1. The Hall–Kier alpha value is -2.17. The number of carbonyl (C=O) groups excluding carboxylic acids is 1. The normalized spacial score (nSPS) is 21.7. The van der Waals surface area contributed by atoms with Gasteiger partial charge in [0.05, 0.1) is 5.39 Å². The number of fused-ring (bicyclic) bond motifs is 1. The van der Waals surface area contributed by atoms with Crippen molar-refractivity contribution in [3.05, 3.63) is 40.3 Å². The molecule has 0 bridgehead atoms. The Kier molecular flexibility index (Phi) is 3.96. The molecular formula is C17H21N3O2. The molecule has 116 valence electrons. The van der Waals surface area contributed by atoms with E-state index in [0.717, 1.165) is 19.3 Å². The van der Waals surface area contributed by atoms with Crippen LogP contribution in [0.5, 0.6) is 0 Å². The molecule has 2 aromatic rings. The molecule has 1 fully saturated rings. The molecule has 5 nitrogen and oxygen atoms in total. The van der Waals surface area contributed by atoms with Gasteiger partial charge in [0.2, 0.25) is 0 Å². The van der Waals surface area contributed by atoms with E-state index in [0.29, 0.717) is 22.4 Å². The first kappa shape index (κ1) is 14.8. The molecule has 1 aliphatic rings. The van der Waals surface area contributed by atoms with Crippen LogP contribution < -0.4 is 5.56 Å². The number of aromatic amines is 1. The SMILES string of the molecule is CC1CCCCC1N(C)C(=O)c1n[nH]c(=O)c2ccccc12. The first-order chi connectivity index (χ1) is 10.6. The van der Waals surface area contributed by atoms with E-state index in [2.05, 4.69) is 17.1 Å². The Morgan fingerprint density at radius 1 is 1.23 bits per heavy atom. The number of amides is 1. The van der Waals surface area contributed by atoms with Gasteiger partial charge in [-0.15, -0.1) is 0 Å². The molecule has 5 heteroatoms. The van der Waals surface area contributed by atoms with Crippen molar-refractivity contribution >= 4 is 16.7 Å². The molecule has 1 N–H and O–H groups in total. The molecule has 1 aromatic carbocycles. The highest BCUT2D eigenvalue weighted by Crippen LogP contribution is 2.28. The van der Waals surface area contributed by atoms with Crippen LogP contribution in [0.15, 0.2) is 29.1 Å². The fourth-order valence-electron chi connectivity index (χ4n) is 3.47. The second-order valence-corrected chi connectivity index (χ2v) is 6.19. The van der Waals surface area contributed by atoms with E-state index in [-0.39, 0.29) is 17.5 Å². The van der Waals surface area contributed by atoms with Crippen LogP contribution in [-0.2, 0) is 0 Å². The van der Waals surface area contributed by atoms with Crippen LogP contribution in [0.25, 0.3) is 10.8 Å². The number of carbonyl (C=O) groups is 1. The third-order valence-electron chi connectivity index (χ3n) is 4.78. The highest BCUT2D eigenvalue weighted by Gasteiger charge is 2.29. The van der Waals surface area contributed by atoms with Gasteiger partial charge in [-0.1, -0.05) is 38.0 Å². The van der Waals surface area contributed by atoms with Gasteiger partial charge < -0.3 is 4.90 Å². The zero-order valence-electron chi connectivity index (χ0n) is 13.0. The van der Waals surface area contributed by atoms with Crippen molar-refractivity contribution < 1.29 is 4.79 Å². The molecule has 2 atom stereocenters. The maximum atomic E-state index is 12.9. The van der Waals surface area contributed by atoms with E-state index in [1.165, 1.54) is 6.42 Å². The summed E-state index contributed by atoms with van der Waals surface area (Å²) in [4.78, 5) is 26.5. The number of H-pyrrole nitrogens is 1. The Balaban J connectivity index is 1.98. The molecule has 22 heavy (non-hydrogen) atoms. The first-order valence-corrected chi connectivity index (χ1v) is 7.84. The number of rotatable bonds is 2. The molecule has 0 radical (unpaired) electrons. The van der Waals surface area contributed by atoms with Crippen molar-refractivity contribution in [3.63, 3.8) is 0 Å². The summed E-state index contributed by atoms with van der Waals surface area (Å²) < 4.78 is 0. The number of nitrogens with one attached hydrogen (secondary N) is 1. The quantitative estimate of drug-likeness (QED) is 0.927. The minimum atomic E-state index is -0.263. The summed E-state index contributed by atoms with van der Waals surface area (Å²) in [5.41, 5.74) is 0.0660. The highest BCUT2D eigenvalue weighted by atomic mass is 16.2. The summed E-state index contributed by atoms with van der Waals surface area (Å²) in [6.07, 6.45) is 4.58. The lowest BCUT2D eigenvalue weighted by Crippen LogP contribution is -2.43. The Morgan fingerprint density at radius 3 is 2.64 bits per heavy atom. The zero-order chi connectivity index (χ0) is 15.7. The molecule has 0 aliphatic heterocycles. The van der Waals surface area contributed by atoms with Crippen molar-refractivity contribution in [2.45, 2.75) is 38.6 Å². The Bertz CT molecular complexity index is 753. The fourth-order valence-corrected chi connectivity index (χ4v) is 3.47. The maximum Gasteiger partial charge on any atom is 0.274 e. The summed E-state index contributed by atoms with van der Waals surface area (Å²) in [6, 6.07) is 7.36. The van der Waals surface area contributed by atoms with Gasteiger partial charge in [-0.05, 0) is 24.8 Å². The van der Waals surface area contributed by atoms with E-state index in [4.69, 9.17) is 0 Å². The Labute approximate surface area is 129 Å². The van der Waals surface area contributed by atoms with Gasteiger partial charge in [0, 0.05) is 18.5 Å². The molecule has 3 rings (SSSR count). The minimum Gasteiger partial charge on any atom is -0.337 e. The van der Waals surface area contributed by atoms with Crippen LogP contribution >= 0.6 is 0 Å². The third kappa shape index (κ3) is 2.51. The first-order valence-electron chi connectivity index (χ1n) is 7.84. The lowest BCUT2D eigenvalue weighted by Gasteiger charge is -2.36. The molecule has 1 amide bonds. The monoisotopic (exact) mass is 299 g/mol. The lowest BCUT2D eigenvalue weighted by molar-refractivity contribution is 0.0624. The van der Waals surface area contributed by atoms with E-state index in [1.54, 1.807) is 23.1 Å². The van der Waals surface area contributed by atoms with Gasteiger partial charge in [-0.2, -0.15) is 5.10 Å². The second-order valence-electron chi connectivity index (χ2n) is 6.19. The van der Waals surface area contributed by atoms with Crippen LogP contribution in [0.2, 0.25) is 0 Å². The number of hydrogen-bond acceptors (Lipinski definition) is 3. The molecular weight excluding hydrogens is 278 g/mol. The largest absolute Gasteiger partial charge is 0.337 e. The Morgan fingerprint density at radius 2 is 1.91 bits per heavy atom. The van der Waals surface area contributed by atoms with Crippen LogP contribution in [-0.4, -0.2) is 34.1 Å².